The maximum atomic E-state index is 12.6. The fourth-order valence-corrected chi connectivity index (χ4v) is 4.86. The molecule has 2 aliphatic heterocycles. The second-order valence-electron chi connectivity index (χ2n) is 6.05. The number of fused-ring (bicyclic) bond motifs is 1. The van der Waals surface area contributed by atoms with E-state index in [1.54, 1.807) is 16.7 Å². The minimum atomic E-state index is -0.345. The molecule has 0 saturated carbocycles. The number of rotatable bonds is 3. The molecule has 3 rings (SSSR count). The van der Waals surface area contributed by atoms with Crippen LogP contribution in [0, 0.1) is 0 Å². The molecule has 2 saturated heterocycles. The largest absolute Gasteiger partial charge is 0.348 e. The van der Waals surface area contributed by atoms with Crippen molar-refractivity contribution in [3.63, 3.8) is 0 Å². The summed E-state index contributed by atoms with van der Waals surface area (Å²) in [5, 5.41) is 3.05. The lowest BCUT2D eigenvalue weighted by Gasteiger charge is -2.30. The number of thioether (sulfide) groups is 1. The highest BCUT2D eigenvalue weighted by atomic mass is 79.9. The first kappa shape index (κ1) is 15.9. The van der Waals surface area contributed by atoms with Crippen LogP contribution in [0.3, 0.4) is 0 Å². The van der Waals surface area contributed by atoms with Gasteiger partial charge in [-0.25, -0.2) is 0 Å². The molecule has 2 heterocycles. The molecule has 6 heteroatoms. The zero-order valence-corrected chi connectivity index (χ0v) is 15.0. The van der Waals surface area contributed by atoms with Gasteiger partial charge in [-0.15, -0.1) is 11.8 Å². The smallest absolute Gasteiger partial charge is 0.244 e. The van der Waals surface area contributed by atoms with Crippen LogP contribution in [-0.4, -0.2) is 33.4 Å². The first-order valence-electron chi connectivity index (χ1n) is 7.43. The van der Waals surface area contributed by atoms with Gasteiger partial charge in [-0.1, -0.05) is 28.1 Å². The second kappa shape index (κ2) is 5.89. The van der Waals surface area contributed by atoms with Crippen molar-refractivity contribution < 1.29 is 9.59 Å². The van der Waals surface area contributed by atoms with E-state index < -0.39 is 0 Å². The Morgan fingerprint density at radius 1 is 1.45 bits per heavy atom. The molecule has 0 aliphatic carbocycles. The van der Waals surface area contributed by atoms with Crippen LogP contribution in [0.5, 0.6) is 0 Å². The minimum Gasteiger partial charge on any atom is -0.348 e. The summed E-state index contributed by atoms with van der Waals surface area (Å²) in [6.45, 7) is 4.03. The van der Waals surface area contributed by atoms with E-state index in [0.29, 0.717) is 12.2 Å². The molecule has 22 heavy (non-hydrogen) atoms. The van der Waals surface area contributed by atoms with Crippen molar-refractivity contribution in [3.05, 3.63) is 34.3 Å². The van der Waals surface area contributed by atoms with Crippen molar-refractivity contribution in [1.82, 2.24) is 10.2 Å². The average molecular weight is 383 g/mol. The van der Waals surface area contributed by atoms with Crippen molar-refractivity contribution in [2.45, 2.75) is 43.6 Å². The van der Waals surface area contributed by atoms with E-state index >= 15 is 0 Å². The molecule has 2 aliphatic rings. The number of nitrogens with zero attached hydrogens (tertiary/aromatic N) is 1. The van der Waals surface area contributed by atoms with Crippen LogP contribution >= 0.6 is 27.7 Å². The van der Waals surface area contributed by atoms with Gasteiger partial charge in [-0.05, 0) is 38.0 Å². The number of nitrogens with one attached hydrogen (secondary N) is 1. The highest BCUT2D eigenvalue weighted by Crippen LogP contribution is 2.47. The molecule has 1 N–H and O–H groups in total. The summed E-state index contributed by atoms with van der Waals surface area (Å²) in [6, 6.07) is 7.49. The molecule has 0 spiro atoms. The summed E-state index contributed by atoms with van der Waals surface area (Å²) in [4.78, 5) is 26.3. The van der Waals surface area contributed by atoms with Gasteiger partial charge in [0.15, 0.2) is 0 Å². The van der Waals surface area contributed by atoms with Crippen LogP contribution < -0.4 is 5.32 Å². The number of halogens is 1. The van der Waals surface area contributed by atoms with Crippen molar-refractivity contribution in [2.75, 3.05) is 5.75 Å². The van der Waals surface area contributed by atoms with Crippen LogP contribution in [0.2, 0.25) is 0 Å². The summed E-state index contributed by atoms with van der Waals surface area (Å²) < 4.78 is 1.01. The Morgan fingerprint density at radius 2 is 2.14 bits per heavy atom. The Kier molecular flexibility index (Phi) is 4.25. The lowest BCUT2D eigenvalue weighted by molar-refractivity contribution is -0.138. The molecule has 2 fully saturated rings. The van der Waals surface area contributed by atoms with Gasteiger partial charge in [0.05, 0.1) is 10.9 Å². The van der Waals surface area contributed by atoms with E-state index in [1.165, 1.54) is 0 Å². The molecule has 3 atom stereocenters. The molecule has 0 aromatic heterocycles. The molecule has 0 radical (unpaired) electrons. The number of hydrogen-bond acceptors (Lipinski definition) is 3. The van der Waals surface area contributed by atoms with Crippen LogP contribution in [0.15, 0.2) is 28.7 Å². The van der Waals surface area contributed by atoms with Crippen molar-refractivity contribution in [2.24, 2.45) is 0 Å². The van der Waals surface area contributed by atoms with Crippen molar-refractivity contribution in [3.8, 4) is 0 Å². The van der Waals surface area contributed by atoms with Gasteiger partial charge in [-0.2, -0.15) is 0 Å². The van der Waals surface area contributed by atoms with Crippen LogP contribution in [0.4, 0.5) is 0 Å². The standard InChI is InChI=1S/C16H19BrN2O2S/c1-10(11-3-5-12(17)6-4-11)18-15(21)13-9-22-16(2)8-7-14(20)19(13)16/h3-6,10,13H,7-9H2,1-2H3,(H,18,21). The summed E-state index contributed by atoms with van der Waals surface area (Å²) in [5.41, 5.74) is 1.05. The summed E-state index contributed by atoms with van der Waals surface area (Å²) in [6.07, 6.45) is 1.39. The zero-order chi connectivity index (χ0) is 15.9. The van der Waals surface area contributed by atoms with E-state index in [2.05, 4.69) is 28.2 Å². The lowest BCUT2D eigenvalue weighted by atomic mass is 10.1. The Morgan fingerprint density at radius 3 is 2.82 bits per heavy atom. The van der Waals surface area contributed by atoms with Gasteiger partial charge in [0.2, 0.25) is 11.8 Å². The molecule has 4 nitrogen and oxygen atoms in total. The van der Waals surface area contributed by atoms with Gasteiger partial charge >= 0.3 is 0 Å². The van der Waals surface area contributed by atoms with Gasteiger partial charge in [0.1, 0.15) is 6.04 Å². The first-order valence-corrected chi connectivity index (χ1v) is 9.20. The molecular formula is C16H19BrN2O2S. The predicted molar refractivity (Wildman–Crippen MR) is 91.4 cm³/mol. The van der Waals surface area contributed by atoms with Gasteiger partial charge in [-0.3, -0.25) is 9.59 Å². The highest BCUT2D eigenvalue weighted by molar-refractivity contribution is 9.10. The van der Waals surface area contributed by atoms with Crippen molar-refractivity contribution in [1.29, 1.82) is 0 Å². The fourth-order valence-electron chi connectivity index (χ4n) is 3.16. The Balaban J connectivity index is 1.69. The molecule has 2 amide bonds. The number of hydrogen-bond donors (Lipinski definition) is 1. The Bertz CT molecular complexity index is 607. The summed E-state index contributed by atoms with van der Waals surface area (Å²) in [5.74, 6) is 0.729. The third-order valence-corrected chi connectivity index (χ3v) is 6.51. The SMILES string of the molecule is CC(NC(=O)C1CSC2(C)CCC(=O)N12)c1ccc(Br)cc1. The van der Waals surface area contributed by atoms with Gasteiger partial charge in [0, 0.05) is 16.6 Å². The normalized spacial score (nSPS) is 28.6. The van der Waals surface area contributed by atoms with E-state index in [1.807, 2.05) is 31.2 Å². The fraction of sp³-hybridized carbons (Fsp3) is 0.500. The van der Waals surface area contributed by atoms with E-state index in [0.717, 1.165) is 16.5 Å². The number of carbonyl (C=O) groups excluding carboxylic acids is 2. The first-order chi connectivity index (χ1) is 10.4. The second-order valence-corrected chi connectivity index (χ2v) is 8.46. The number of carbonyl (C=O) groups is 2. The average Bonchev–Trinajstić information content (AvgIpc) is 2.97. The lowest BCUT2D eigenvalue weighted by Crippen LogP contribution is -2.50. The molecule has 1 aromatic carbocycles. The summed E-state index contributed by atoms with van der Waals surface area (Å²) >= 11 is 5.13. The molecular weight excluding hydrogens is 364 g/mol. The Hall–Kier alpha value is -1.01. The molecule has 0 bridgehead atoms. The van der Waals surface area contributed by atoms with Gasteiger partial charge in [0.25, 0.3) is 0 Å². The monoisotopic (exact) mass is 382 g/mol. The van der Waals surface area contributed by atoms with Crippen LogP contribution in [-0.2, 0) is 9.59 Å². The van der Waals surface area contributed by atoms with Crippen LogP contribution in [0.25, 0.3) is 0 Å². The zero-order valence-electron chi connectivity index (χ0n) is 12.6. The van der Waals surface area contributed by atoms with E-state index in [9.17, 15) is 9.59 Å². The van der Waals surface area contributed by atoms with Crippen molar-refractivity contribution >= 4 is 39.5 Å². The Labute approximate surface area is 143 Å². The van der Waals surface area contributed by atoms with E-state index in [4.69, 9.17) is 0 Å². The number of amides is 2. The third kappa shape index (κ3) is 2.78. The number of benzene rings is 1. The minimum absolute atomic E-state index is 0.0538. The molecule has 118 valence electrons. The molecule has 1 aromatic rings. The van der Waals surface area contributed by atoms with Gasteiger partial charge < -0.3 is 10.2 Å². The predicted octanol–water partition coefficient (Wildman–Crippen LogP) is 3.08. The summed E-state index contributed by atoms with van der Waals surface area (Å²) in [7, 11) is 0. The maximum absolute atomic E-state index is 12.6. The maximum Gasteiger partial charge on any atom is 0.244 e. The highest BCUT2D eigenvalue weighted by Gasteiger charge is 2.52. The molecule has 3 unspecified atom stereocenters. The van der Waals surface area contributed by atoms with Crippen LogP contribution in [0.1, 0.15) is 38.3 Å². The quantitative estimate of drug-likeness (QED) is 0.873. The van der Waals surface area contributed by atoms with E-state index in [-0.39, 0.29) is 28.8 Å². The third-order valence-electron chi connectivity index (χ3n) is 4.48. The topological polar surface area (TPSA) is 49.4 Å².